The molecule has 0 aromatic rings. The molecule has 13 heavy (non-hydrogen) atoms. The Balaban J connectivity index is 3.89. The highest BCUT2D eigenvalue weighted by Crippen LogP contribution is 2.02. The Hall–Kier alpha value is -0.123. The van der Waals surface area contributed by atoms with Gasteiger partial charge < -0.3 is 10.4 Å². The molecule has 2 nitrogen and oxygen atoms in total. The van der Waals surface area contributed by atoms with Gasteiger partial charge in [-0.2, -0.15) is 0 Å². The molecule has 0 radical (unpaired) electrons. The van der Waals surface area contributed by atoms with Gasteiger partial charge >= 0.3 is 0 Å². The number of aliphatic hydroxyl groups excluding tert-OH is 1. The standard InChI is InChI=1S/C10H23NOSi/c1-5-7-11-10(9-12)6-8-13(2,3)4/h6,8,10-12H,5,7,9H2,1-4H3/b8-6+. The molecule has 0 amide bonds. The minimum atomic E-state index is -1.11. The highest BCUT2D eigenvalue weighted by molar-refractivity contribution is 6.80. The van der Waals surface area contributed by atoms with E-state index in [4.69, 9.17) is 5.11 Å². The van der Waals surface area contributed by atoms with E-state index in [1.807, 2.05) is 0 Å². The summed E-state index contributed by atoms with van der Waals surface area (Å²) in [5.41, 5.74) is 2.27. The van der Waals surface area contributed by atoms with Gasteiger partial charge in [-0.1, -0.05) is 38.3 Å². The molecule has 1 unspecified atom stereocenters. The number of aliphatic hydroxyl groups is 1. The van der Waals surface area contributed by atoms with Crippen LogP contribution >= 0.6 is 0 Å². The van der Waals surface area contributed by atoms with Gasteiger partial charge in [0.05, 0.1) is 14.7 Å². The Morgan fingerprint density at radius 3 is 2.38 bits per heavy atom. The predicted octanol–water partition coefficient (Wildman–Crippen LogP) is 1.78. The van der Waals surface area contributed by atoms with Crippen LogP contribution in [-0.2, 0) is 0 Å². The van der Waals surface area contributed by atoms with Gasteiger partial charge in [-0.3, -0.25) is 0 Å². The summed E-state index contributed by atoms with van der Waals surface area (Å²) >= 11 is 0. The third kappa shape index (κ3) is 8.21. The molecule has 0 aromatic carbocycles. The van der Waals surface area contributed by atoms with Gasteiger partial charge in [0, 0.05) is 6.04 Å². The molecule has 0 spiro atoms. The smallest absolute Gasteiger partial charge is 0.0683 e. The third-order valence-corrected chi connectivity index (χ3v) is 2.87. The van der Waals surface area contributed by atoms with E-state index < -0.39 is 8.07 Å². The van der Waals surface area contributed by atoms with Crippen molar-refractivity contribution in [1.29, 1.82) is 0 Å². The molecular weight excluding hydrogens is 178 g/mol. The zero-order valence-electron chi connectivity index (χ0n) is 9.30. The van der Waals surface area contributed by atoms with E-state index in [-0.39, 0.29) is 12.6 Å². The molecule has 0 heterocycles. The van der Waals surface area contributed by atoms with Gasteiger partial charge in [-0.15, -0.1) is 0 Å². The Morgan fingerprint density at radius 1 is 1.38 bits per heavy atom. The summed E-state index contributed by atoms with van der Waals surface area (Å²) < 4.78 is 0. The third-order valence-electron chi connectivity index (χ3n) is 1.68. The summed E-state index contributed by atoms with van der Waals surface area (Å²) in [6.45, 7) is 10.2. The first kappa shape index (κ1) is 12.9. The number of hydrogen-bond donors (Lipinski definition) is 2. The van der Waals surface area contributed by atoms with Crippen molar-refractivity contribution < 1.29 is 5.11 Å². The summed E-state index contributed by atoms with van der Waals surface area (Å²) in [7, 11) is -1.11. The van der Waals surface area contributed by atoms with E-state index in [0.29, 0.717) is 0 Å². The molecule has 0 saturated heterocycles. The number of rotatable bonds is 6. The van der Waals surface area contributed by atoms with Crippen LogP contribution < -0.4 is 5.32 Å². The van der Waals surface area contributed by atoms with Gasteiger partial charge in [0.25, 0.3) is 0 Å². The lowest BCUT2D eigenvalue weighted by Gasteiger charge is -2.14. The fourth-order valence-corrected chi connectivity index (χ4v) is 1.74. The Labute approximate surface area is 83.1 Å². The van der Waals surface area contributed by atoms with Crippen LogP contribution in [0.4, 0.5) is 0 Å². The molecule has 0 aromatic heterocycles. The molecule has 0 aliphatic heterocycles. The lowest BCUT2D eigenvalue weighted by Crippen LogP contribution is -2.32. The normalized spacial score (nSPS) is 15.2. The molecule has 3 heteroatoms. The fourth-order valence-electron chi connectivity index (χ4n) is 0.928. The van der Waals surface area contributed by atoms with Crippen LogP contribution in [0.2, 0.25) is 19.6 Å². The second-order valence-corrected chi connectivity index (χ2v) is 9.53. The van der Waals surface area contributed by atoms with Gasteiger partial charge in [0.1, 0.15) is 0 Å². The first-order chi connectivity index (χ1) is 5.99. The van der Waals surface area contributed by atoms with Crippen molar-refractivity contribution in [3.63, 3.8) is 0 Å². The quantitative estimate of drug-likeness (QED) is 0.642. The van der Waals surface area contributed by atoms with Crippen LogP contribution in [0, 0.1) is 0 Å². The fraction of sp³-hybridized carbons (Fsp3) is 0.800. The Kier molecular flexibility index (Phi) is 6.29. The summed E-state index contributed by atoms with van der Waals surface area (Å²) in [6.07, 6.45) is 3.22. The van der Waals surface area contributed by atoms with Crippen LogP contribution in [0.15, 0.2) is 11.8 Å². The summed E-state index contributed by atoms with van der Waals surface area (Å²) in [6, 6.07) is 0.145. The molecule has 0 saturated carbocycles. The van der Waals surface area contributed by atoms with Crippen LogP contribution in [-0.4, -0.2) is 32.4 Å². The van der Waals surface area contributed by atoms with Crippen LogP contribution in [0.3, 0.4) is 0 Å². The van der Waals surface area contributed by atoms with Crippen LogP contribution in [0.25, 0.3) is 0 Å². The SMILES string of the molecule is CCCNC(/C=C/[Si](C)(C)C)CO. The maximum Gasteiger partial charge on any atom is 0.0683 e. The first-order valence-electron chi connectivity index (χ1n) is 5.03. The molecule has 0 rings (SSSR count). The molecule has 1 atom stereocenters. The zero-order chi connectivity index (χ0) is 10.3. The van der Waals surface area contributed by atoms with E-state index in [9.17, 15) is 0 Å². The summed E-state index contributed by atoms with van der Waals surface area (Å²) in [4.78, 5) is 0. The van der Waals surface area contributed by atoms with Gasteiger partial charge in [-0.05, 0) is 13.0 Å². The van der Waals surface area contributed by atoms with E-state index in [1.54, 1.807) is 0 Å². The van der Waals surface area contributed by atoms with Crippen molar-refractivity contribution in [2.75, 3.05) is 13.2 Å². The largest absolute Gasteiger partial charge is 0.394 e. The molecule has 2 N–H and O–H groups in total. The van der Waals surface area contributed by atoms with Crippen molar-refractivity contribution in [3.8, 4) is 0 Å². The van der Waals surface area contributed by atoms with Gasteiger partial charge in [0.15, 0.2) is 0 Å². The maximum atomic E-state index is 9.05. The molecule has 0 aliphatic carbocycles. The van der Waals surface area contributed by atoms with Crippen molar-refractivity contribution in [1.82, 2.24) is 5.32 Å². The van der Waals surface area contributed by atoms with E-state index in [2.05, 4.69) is 43.7 Å². The van der Waals surface area contributed by atoms with E-state index in [1.165, 1.54) is 0 Å². The average Bonchev–Trinajstić information content (AvgIpc) is 2.03. The first-order valence-corrected chi connectivity index (χ1v) is 8.61. The zero-order valence-corrected chi connectivity index (χ0v) is 10.3. The topological polar surface area (TPSA) is 32.3 Å². The minimum absolute atomic E-state index is 0.145. The molecule has 0 bridgehead atoms. The van der Waals surface area contributed by atoms with E-state index >= 15 is 0 Å². The van der Waals surface area contributed by atoms with Crippen molar-refractivity contribution in [3.05, 3.63) is 11.8 Å². The van der Waals surface area contributed by atoms with Crippen molar-refractivity contribution in [2.24, 2.45) is 0 Å². The van der Waals surface area contributed by atoms with E-state index in [0.717, 1.165) is 13.0 Å². The predicted molar refractivity (Wildman–Crippen MR) is 61.7 cm³/mol. The molecule has 0 fully saturated rings. The lowest BCUT2D eigenvalue weighted by molar-refractivity contribution is 0.265. The van der Waals surface area contributed by atoms with Gasteiger partial charge in [0.2, 0.25) is 0 Å². The Bertz CT molecular complexity index is 151. The monoisotopic (exact) mass is 201 g/mol. The van der Waals surface area contributed by atoms with Crippen molar-refractivity contribution >= 4 is 8.07 Å². The molecular formula is C10H23NOSi. The molecule has 78 valence electrons. The highest BCUT2D eigenvalue weighted by atomic mass is 28.3. The summed E-state index contributed by atoms with van der Waals surface area (Å²) in [5.74, 6) is 0. The molecule has 0 aliphatic rings. The number of nitrogens with one attached hydrogen (secondary N) is 1. The van der Waals surface area contributed by atoms with Crippen LogP contribution in [0.1, 0.15) is 13.3 Å². The number of hydrogen-bond acceptors (Lipinski definition) is 2. The second-order valence-electron chi connectivity index (χ2n) is 4.47. The second kappa shape index (κ2) is 6.35. The Morgan fingerprint density at radius 2 is 2.00 bits per heavy atom. The van der Waals surface area contributed by atoms with Crippen LogP contribution in [0.5, 0.6) is 0 Å². The van der Waals surface area contributed by atoms with Crippen molar-refractivity contribution in [2.45, 2.75) is 39.0 Å². The average molecular weight is 201 g/mol. The maximum absolute atomic E-state index is 9.05. The lowest BCUT2D eigenvalue weighted by atomic mass is 10.3. The van der Waals surface area contributed by atoms with Gasteiger partial charge in [-0.25, -0.2) is 0 Å². The minimum Gasteiger partial charge on any atom is -0.394 e. The highest BCUT2D eigenvalue weighted by Gasteiger charge is 2.08. The summed E-state index contributed by atoms with van der Waals surface area (Å²) in [5, 5.41) is 12.3.